The summed E-state index contributed by atoms with van der Waals surface area (Å²) < 4.78 is 0. The molecule has 0 bridgehead atoms. The lowest BCUT2D eigenvalue weighted by molar-refractivity contribution is 0.0695. The second-order valence-electron chi connectivity index (χ2n) is 5.43. The lowest BCUT2D eigenvalue weighted by Gasteiger charge is -2.29. The molecule has 1 rings (SSSR count). The van der Waals surface area contributed by atoms with E-state index in [0.29, 0.717) is 5.56 Å². The van der Waals surface area contributed by atoms with Crippen molar-refractivity contribution in [3.63, 3.8) is 0 Å². The van der Waals surface area contributed by atoms with Gasteiger partial charge in [0.15, 0.2) is 0 Å². The average molecular weight is 234 g/mol. The van der Waals surface area contributed by atoms with Gasteiger partial charge in [0, 0.05) is 0 Å². The minimum atomic E-state index is -0.826. The molecule has 0 saturated heterocycles. The maximum Gasteiger partial charge on any atom is 0.336 e. The van der Waals surface area contributed by atoms with Gasteiger partial charge in [-0.1, -0.05) is 26.8 Å². The third-order valence-corrected chi connectivity index (χ3v) is 3.75. The minimum absolute atomic E-state index is 0.0199. The molecular weight excluding hydrogens is 212 g/mol. The monoisotopic (exact) mass is 234 g/mol. The summed E-state index contributed by atoms with van der Waals surface area (Å²) in [4.78, 5) is 11.3. The molecule has 0 fully saturated rings. The fourth-order valence-corrected chi connectivity index (χ4v) is 2.73. The second-order valence-corrected chi connectivity index (χ2v) is 5.43. The number of carboxylic acid groups (broad SMARTS) is 1. The molecular formula is C15H22O2. The highest BCUT2D eigenvalue weighted by atomic mass is 16.4. The predicted octanol–water partition coefficient (Wildman–Crippen LogP) is 4.00. The Hall–Kier alpha value is -1.31. The van der Waals surface area contributed by atoms with Gasteiger partial charge in [-0.2, -0.15) is 0 Å². The number of hydrogen-bond donors (Lipinski definition) is 1. The number of aromatic carboxylic acids is 1. The Labute approximate surface area is 104 Å². The van der Waals surface area contributed by atoms with E-state index in [9.17, 15) is 9.90 Å². The number of carbonyl (C=O) groups is 1. The third kappa shape index (κ3) is 2.36. The fourth-order valence-electron chi connectivity index (χ4n) is 2.73. The summed E-state index contributed by atoms with van der Waals surface area (Å²) >= 11 is 0. The first-order valence-electron chi connectivity index (χ1n) is 6.07. The van der Waals surface area contributed by atoms with Crippen LogP contribution in [0.15, 0.2) is 6.07 Å². The summed E-state index contributed by atoms with van der Waals surface area (Å²) in [6.45, 7) is 12.3. The van der Waals surface area contributed by atoms with Crippen molar-refractivity contribution in [3.8, 4) is 0 Å². The summed E-state index contributed by atoms with van der Waals surface area (Å²) in [6, 6.07) is 1.99. The van der Waals surface area contributed by atoms with Crippen molar-refractivity contribution in [3.05, 3.63) is 33.9 Å². The lowest BCUT2D eigenvalue weighted by atomic mass is 9.75. The Morgan fingerprint density at radius 1 is 1.24 bits per heavy atom. The van der Waals surface area contributed by atoms with E-state index >= 15 is 0 Å². The van der Waals surface area contributed by atoms with Crippen LogP contribution >= 0.6 is 0 Å². The highest BCUT2D eigenvalue weighted by Crippen LogP contribution is 2.34. The molecule has 1 aromatic rings. The summed E-state index contributed by atoms with van der Waals surface area (Å²) in [6.07, 6.45) is 0.997. The maximum absolute atomic E-state index is 11.3. The number of benzene rings is 1. The van der Waals surface area contributed by atoms with Crippen LogP contribution in [0.4, 0.5) is 0 Å². The second kappa shape index (κ2) is 4.52. The van der Waals surface area contributed by atoms with Crippen LogP contribution in [0, 0.1) is 20.8 Å². The topological polar surface area (TPSA) is 37.3 Å². The van der Waals surface area contributed by atoms with Crippen LogP contribution in [-0.2, 0) is 5.41 Å². The number of carboxylic acids is 1. The molecule has 0 radical (unpaired) electrons. The molecule has 2 heteroatoms. The zero-order chi connectivity index (χ0) is 13.4. The van der Waals surface area contributed by atoms with Gasteiger partial charge in [0.05, 0.1) is 5.56 Å². The van der Waals surface area contributed by atoms with E-state index in [-0.39, 0.29) is 5.41 Å². The van der Waals surface area contributed by atoms with Gasteiger partial charge in [-0.15, -0.1) is 0 Å². The molecule has 0 unspecified atom stereocenters. The van der Waals surface area contributed by atoms with Gasteiger partial charge in [-0.05, 0) is 54.9 Å². The third-order valence-electron chi connectivity index (χ3n) is 3.75. The molecule has 1 aromatic carbocycles. The summed E-state index contributed by atoms with van der Waals surface area (Å²) in [5.74, 6) is -0.826. The van der Waals surface area contributed by atoms with Gasteiger partial charge >= 0.3 is 5.97 Å². The van der Waals surface area contributed by atoms with Crippen molar-refractivity contribution >= 4 is 5.97 Å². The van der Waals surface area contributed by atoms with E-state index in [1.165, 1.54) is 11.1 Å². The van der Waals surface area contributed by atoms with E-state index in [2.05, 4.69) is 27.7 Å². The van der Waals surface area contributed by atoms with Gasteiger partial charge in [0.2, 0.25) is 0 Å². The Balaban J connectivity index is 3.63. The molecule has 0 saturated carbocycles. The van der Waals surface area contributed by atoms with E-state index in [1.54, 1.807) is 0 Å². The Morgan fingerprint density at radius 2 is 1.76 bits per heavy atom. The molecule has 0 aromatic heterocycles. The molecule has 0 aliphatic carbocycles. The lowest BCUT2D eigenvalue weighted by Crippen LogP contribution is -2.21. The highest BCUT2D eigenvalue weighted by Gasteiger charge is 2.26. The first-order chi connectivity index (χ1) is 7.72. The van der Waals surface area contributed by atoms with E-state index < -0.39 is 5.97 Å². The Bertz CT molecular complexity index is 456. The zero-order valence-electron chi connectivity index (χ0n) is 11.6. The molecule has 0 aliphatic heterocycles. The molecule has 0 aliphatic rings. The molecule has 0 heterocycles. The number of hydrogen-bond acceptors (Lipinski definition) is 1. The van der Waals surface area contributed by atoms with Crippen molar-refractivity contribution in [2.75, 3.05) is 0 Å². The van der Waals surface area contributed by atoms with Crippen molar-refractivity contribution in [1.82, 2.24) is 0 Å². The summed E-state index contributed by atoms with van der Waals surface area (Å²) in [5.41, 5.74) is 4.63. The van der Waals surface area contributed by atoms with Crippen LogP contribution in [-0.4, -0.2) is 11.1 Å². The molecule has 0 atom stereocenters. The highest BCUT2D eigenvalue weighted by molar-refractivity contribution is 5.91. The predicted molar refractivity (Wildman–Crippen MR) is 70.9 cm³/mol. The molecule has 0 amide bonds. The maximum atomic E-state index is 11.3. The van der Waals surface area contributed by atoms with Gasteiger partial charge in [-0.25, -0.2) is 4.79 Å². The Kier molecular flexibility index (Phi) is 3.65. The number of aryl methyl sites for hydroxylation is 2. The molecule has 2 nitrogen and oxygen atoms in total. The molecule has 94 valence electrons. The average Bonchev–Trinajstić information content (AvgIpc) is 2.15. The fraction of sp³-hybridized carbons (Fsp3) is 0.533. The van der Waals surface area contributed by atoms with Crippen LogP contribution < -0.4 is 0 Å². The van der Waals surface area contributed by atoms with Crippen molar-refractivity contribution in [2.24, 2.45) is 0 Å². The van der Waals surface area contributed by atoms with Crippen LogP contribution in [0.25, 0.3) is 0 Å². The quantitative estimate of drug-likeness (QED) is 0.858. The molecule has 1 N–H and O–H groups in total. The van der Waals surface area contributed by atoms with Crippen LogP contribution in [0.1, 0.15) is 59.8 Å². The first kappa shape index (κ1) is 13.8. The van der Waals surface area contributed by atoms with Gasteiger partial charge in [0.25, 0.3) is 0 Å². The van der Waals surface area contributed by atoms with E-state index in [0.717, 1.165) is 17.5 Å². The largest absolute Gasteiger partial charge is 0.478 e. The van der Waals surface area contributed by atoms with Crippen molar-refractivity contribution in [2.45, 2.75) is 53.4 Å². The normalized spacial score (nSPS) is 11.6. The SMILES string of the molecule is CCC(C)(C)c1c(C)cc(C)c(C(=O)O)c1C. The number of rotatable bonds is 3. The smallest absolute Gasteiger partial charge is 0.336 e. The molecule has 0 spiro atoms. The van der Waals surface area contributed by atoms with Gasteiger partial charge < -0.3 is 5.11 Å². The zero-order valence-corrected chi connectivity index (χ0v) is 11.6. The van der Waals surface area contributed by atoms with Crippen LogP contribution in [0.3, 0.4) is 0 Å². The van der Waals surface area contributed by atoms with Crippen LogP contribution in [0.2, 0.25) is 0 Å². The summed E-state index contributed by atoms with van der Waals surface area (Å²) in [7, 11) is 0. The van der Waals surface area contributed by atoms with Crippen molar-refractivity contribution in [1.29, 1.82) is 0 Å². The van der Waals surface area contributed by atoms with E-state index in [1.807, 2.05) is 19.9 Å². The van der Waals surface area contributed by atoms with Gasteiger partial charge in [-0.3, -0.25) is 0 Å². The van der Waals surface area contributed by atoms with Gasteiger partial charge in [0.1, 0.15) is 0 Å². The van der Waals surface area contributed by atoms with E-state index in [4.69, 9.17) is 0 Å². The standard InChI is InChI=1S/C15H22O2/c1-7-15(5,6)13-10(3)8-9(2)12(11(13)4)14(16)17/h8H,7H2,1-6H3,(H,16,17). The summed E-state index contributed by atoms with van der Waals surface area (Å²) in [5, 5.41) is 9.30. The molecule has 17 heavy (non-hydrogen) atoms. The first-order valence-corrected chi connectivity index (χ1v) is 6.07. The van der Waals surface area contributed by atoms with Crippen molar-refractivity contribution < 1.29 is 9.90 Å². The van der Waals surface area contributed by atoms with Crippen LogP contribution in [0.5, 0.6) is 0 Å². The minimum Gasteiger partial charge on any atom is -0.478 e. The Morgan fingerprint density at radius 3 is 2.18 bits per heavy atom.